The Balaban J connectivity index is 3.96. The summed E-state index contributed by atoms with van der Waals surface area (Å²) in [5, 5.41) is 0. The average Bonchev–Trinajstić information content (AvgIpc) is 1.80. The van der Waals surface area contributed by atoms with Gasteiger partial charge >= 0.3 is 0 Å². The van der Waals surface area contributed by atoms with Gasteiger partial charge in [0.1, 0.15) is 0 Å². The van der Waals surface area contributed by atoms with E-state index in [4.69, 9.17) is 0 Å². The Kier molecular flexibility index (Phi) is 3.65. The van der Waals surface area contributed by atoms with Gasteiger partial charge in [0.2, 0.25) is 0 Å². The Hall–Kier alpha value is -0.303. The van der Waals surface area contributed by atoms with E-state index in [9.17, 15) is 0 Å². The molecule has 0 aliphatic heterocycles. The monoisotopic (exact) mass is 154 g/mol. The second kappa shape index (κ2) is 3.77. The maximum Gasteiger partial charge on any atom is 0.0510 e. The van der Waals surface area contributed by atoms with Crippen molar-refractivity contribution in [3.63, 3.8) is 0 Å². The number of hydrogen-bond donors (Lipinski definition) is 0. The molecule has 0 N–H and O–H groups in total. The van der Waals surface area contributed by atoms with Crippen molar-refractivity contribution in [2.75, 3.05) is 0 Å². The molecule has 0 rings (SSSR count). The first-order chi connectivity index (χ1) is 4.48. The fourth-order valence-electron chi connectivity index (χ4n) is 0.534. The van der Waals surface area contributed by atoms with Crippen molar-refractivity contribution >= 4 is 8.07 Å². The SMILES string of the molecule is C=C/C=C\C(C)[Si](C)(C)C. The largest absolute Gasteiger partial charge is 0.0991 e. The van der Waals surface area contributed by atoms with Crippen LogP contribution in [0.5, 0.6) is 0 Å². The number of hydrogen-bond acceptors (Lipinski definition) is 0. The van der Waals surface area contributed by atoms with Crippen molar-refractivity contribution in [2.24, 2.45) is 0 Å². The highest BCUT2D eigenvalue weighted by atomic mass is 28.3. The minimum absolute atomic E-state index is 0.755. The number of allylic oxidation sites excluding steroid dienone is 3. The van der Waals surface area contributed by atoms with Crippen molar-refractivity contribution < 1.29 is 0 Å². The highest BCUT2D eigenvalue weighted by Gasteiger charge is 2.18. The van der Waals surface area contributed by atoms with Crippen LogP contribution in [0.2, 0.25) is 25.2 Å². The van der Waals surface area contributed by atoms with Crippen LogP contribution < -0.4 is 0 Å². The molecule has 0 spiro atoms. The zero-order valence-electron chi connectivity index (χ0n) is 7.52. The van der Waals surface area contributed by atoms with E-state index in [1.807, 2.05) is 12.2 Å². The van der Waals surface area contributed by atoms with E-state index in [-0.39, 0.29) is 0 Å². The van der Waals surface area contributed by atoms with E-state index >= 15 is 0 Å². The van der Waals surface area contributed by atoms with Crippen LogP contribution in [0.3, 0.4) is 0 Å². The molecular formula is C9H18Si. The fraction of sp³-hybridized carbons (Fsp3) is 0.556. The summed E-state index contributed by atoms with van der Waals surface area (Å²) in [7, 11) is -0.932. The van der Waals surface area contributed by atoms with E-state index in [1.54, 1.807) is 0 Å². The summed E-state index contributed by atoms with van der Waals surface area (Å²) in [5.74, 6) is 0. The molecule has 0 aromatic carbocycles. The normalized spacial score (nSPS) is 15.6. The third-order valence-electron chi connectivity index (χ3n) is 1.90. The Labute approximate surface area is 65.7 Å². The second-order valence-electron chi connectivity index (χ2n) is 3.78. The third-order valence-corrected chi connectivity index (χ3v) is 4.83. The third kappa shape index (κ3) is 3.67. The molecule has 0 nitrogen and oxygen atoms in total. The molecule has 1 atom stereocenters. The van der Waals surface area contributed by atoms with Gasteiger partial charge in [-0.1, -0.05) is 51.4 Å². The van der Waals surface area contributed by atoms with Crippen molar-refractivity contribution in [3.8, 4) is 0 Å². The maximum absolute atomic E-state index is 3.64. The molecule has 1 unspecified atom stereocenters. The van der Waals surface area contributed by atoms with Crippen LogP contribution in [-0.4, -0.2) is 8.07 Å². The van der Waals surface area contributed by atoms with Gasteiger partial charge in [-0.2, -0.15) is 0 Å². The summed E-state index contributed by atoms with van der Waals surface area (Å²) in [6.07, 6.45) is 6.14. The van der Waals surface area contributed by atoms with Gasteiger partial charge in [-0.15, -0.1) is 0 Å². The van der Waals surface area contributed by atoms with Gasteiger partial charge in [0.15, 0.2) is 0 Å². The standard InChI is InChI=1S/C9H18Si/c1-6-7-8-9(2)10(3,4)5/h6-9H,1H2,2-5H3/b8-7-. The lowest BCUT2D eigenvalue weighted by molar-refractivity contribution is 1.13. The van der Waals surface area contributed by atoms with Gasteiger partial charge in [-0.3, -0.25) is 0 Å². The predicted octanol–water partition coefficient (Wildman–Crippen LogP) is 3.46. The Morgan fingerprint density at radius 2 is 1.80 bits per heavy atom. The smallest absolute Gasteiger partial charge is 0.0510 e. The van der Waals surface area contributed by atoms with Gasteiger partial charge < -0.3 is 0 Å². The average molecular weight is 154 g/mol. The van der Waals surface area contributed by atoms with Gasteiger partial charge in [0.05, 0.1) is 8.07 Å². The van der Waals surface area contributed by atoms with Crippen LogP contribution in [-0.2, 0) is 0 Å². The van der Waals surface area contributed by atoms with Gasteiger partial charge in [-0.05, 0) is 5.54 Å². The molecule has 0 saturated heterocycles. The molecule has 0 saturated carbocycles. The lowest BCUT2D eigenvalue weighted by Crippen LogP contribution is -2.24. The zero-order chi connectivity index (χ0) is 8.20. The molecule has 0 heterocycles. The van der Waals surface area contributed by atoms with Gasteiger partial charge in [-0.25, -0.2) is 0 Å². The van der Waals surface area contributed by atoms with Crippen LogP contribution in [0, 0.1) is 0 Å². The van der Waals surface area contributed by atoms with Crippen molar-refractivity contribution in [1.29, 1.82) is 0 Å². The summed E-state index contributed by atoms with van der Waals surface area (Å²) in [6, 6.07) is 0. The topological polar surface area (TPSA) is 0 Å². The first kappa shape index (κ1) is 9.70. The lowest BCUT2D eigenvalue weighted by Gasteiger charge is -2.21. The van der Waals surface area contributed by atoms with E-state index in [1.165, 1.54) is 0 Å². The maximum atomic E-state index is 3.64. The highest BCUT2D eigenvalue weighted by Crippen LogP contribution is 2.21. The van der Waals surface area contributed by atoms with Crippen molar-refractivity contribution in [1.82, 2.24) is 0 Å². The van der Waals surface area contributed by atoms with E-state index < -0.39 is 8.07 Å². The van der Waals surface area contributed by atoms with Crippen LogP contribution in [0.4, 0.5) is 0 Å². The molecule has 0 amide bonds. The summed E-state index contributed by atoms with van der Waals surface area (Å²) in [6.45, 7) is 13.1. The minimum atomic E-state index is -0.932. The van der Waals surface area contributed by atoms with Crippen LogP contribution in [0.1, 0.15) is 6.92 Å². The second-order valence-corrected chi connectivity index (χ2v) is 9.42. The van der Waals surface area contributed by atoms with Gasteiger partial charge in [0, 0.05) is 0 Å². The van der Waals surface area contributed by atoms with Crippen LogP contribution >= 0.6 is 0 Å². The molecule has 0 aromatic rings. The Morgan fingerprint density at radius 3 is 2.10 bits per heavy atom. The van der Waals surface area contributed by atoms with E-state index in [0.717, 1.165) is 5.54 Å². The summed E-state index contributed by atoms with van der Waals surface area (Å²) in [5.41, 5.74) is 0.755. The van der Waals surface area contributed by atoms with Crippen molar-refractivity contribution in [2.45, 2.75) is 32.1 Å². The first-order valence-electron chi connectivity index (χ1n) is 3.77. The molecule has 0 bridgehead atoms. The van der Waals surface area contributed by atoms with E-state index in [0.29, 0.717) is 0 Å². The quantitative estimate of drug-likeness (QED) is 0.431. The van der Waals surface area contributed by atoms with Crippen LogP contribution in [0.25, 0.3) is 0 Å². The van der Waals surface area contributed by atoms with Crippen LogP contribution in [0.15, 0.2) is 24.8 Å². The summed E-state index contributed by atoms with van der Waals surface area (Å²) in [4.78, 5) is 0. The predicted molar refractivity (Wildman–Crippen MR) is 52.1 cm³/mol. The van der Waals surface area contributed by atoms with Gasteiger partial charge in [0.25, 0.3) is 0 Å². The highest BCUT2D eigenvalue weighted by molar-refractivity contribution is 6.77. The molecule has 0 aliphatic rings. The molecule has 0 fully saturated rings. The first-order valence-corrected chi connectivity index (χ1v) is 7.35. The molecular weight excluding hydrogens is 136 g/mol. The molecule has 10 heavy (non-hydrogen) atoms. The molecule has 0 radical (unpaired) electrons. The summed E-state index contributed by atoms with van der Waals surface area (Å²) >= 11 is 0. The Morgan fingerprint density at radius 1 is 1.30 bits per heavy atom. The zero-order valence-corrected chi connectivity index (χ0v) is 8.52. The fourth-order valence-corrected chi connectivity index (χ4v) is 1.22. The molecule has 1 heteroatoms. The molecule has 58 valence electrons. The minimum Gasteiger partial charge on any atom is -0.0991 e. The van der Waals surface area contributed by atoms with E-state index in [2.05, 4.69) is 39.2 Å². The molecule has 0 aliphatic carbocycles. The number of rotatable bonds is 3. The summed E-state index contributed by atoms with van der Waals surface area (Å²) < 4.78 is 0. The van der Waals surface area contributed by atoms with Crippen molar-refractivity contribution in [3.05, 3.63) is 24.8 Å². The molecule has 0 aromatic heterocycles. The Bertz CT molecular complexity index is 128. The lowest BCUT2D eigenvalue weighted by atomic mass is 10.4.